The Hall–Kier alpha value is -3.81. The quantitative estimate of drug-likeness (QED) is 0.646. The van der Waals surface area contributed by atoms with Crippen LogP contribution in [0.1, 0.15) is 10.4 Å². The highest BCUT2D eigenvalue weighted by Crippen LogP contribution is 2.29. The van der Waals surface area contributed by atoms with Crippen molar-refractivity contribution < 1.29 is 29.0 Å². The van der Waals surface area contributed by atoms with Crippen molar-refractivity contribution in [3.05, 3.63) is 60.2 Å². The third kappa shape index (κ3) is 5.60. The topological polar surface area (TPSA) is 114 Å². The molecule has 0 aliphatic rings. The summed E-state index contributed by atoms with van der Waals surface area (Å²) in [7, 11) is 3.00. The van der Waals surface area contributed by atoms with Crippen molar-refractivity contribution in [1.29, 1.82) is 0 Å². The molecule has 0 aliphatic heterocycles. The van der Waals surface area contributed by atoms with Crippen LogP contribution < -0.4 is 20.1 Å². The predicted molar refractivity (Wildman–Crippen MR) is 99.3 cm³/mol. The fourth-order valence-corrected chi connectivity index (χ4v) is 2.17. The maximum absolute atomic E-state index is 12.5. The molecular weight excluding hydrogens is 352 g/mol. The number of methoxy groups -OCH3 is 2. The summed E-state index contributed by atoms with van der Waals surface area (Å²) < 4.78 is 10.4. The number of benzene rings is 2. The average molecular weight is 370 g/mol. The molecule has 0 saturated carbocycles. The fourth-order valence-electron chi connectivity index (χ4n) is 2.17. The van der Waals surface area contributed by atoms with Crippen LogP contribution in [0.15, 0.2) is 54.6 Å². The summed E-state index contributed by atoms with van der Waals surface area (Å²) in [6.45, 7) is 0. The maximum atomic E-state index is 12.5. The van der Waals surface area contributed by atoms with Gasteiger partial charge in [0.25, 0.3) is 5.91 Å². The van der Waals surface area contributed by atoms with E-state index in [0.29, 0.717) is 28.4 Å². The van der Waals surface area contributed by atoms with Crippen LogP contribution in [-0.2, 0) is 9.59 Å². The minimum absolute atomic E-state index is 0.299. The molecule has 140 valence electrons. The van der Waals surface area contributed by atoms with E-state index < -0.39 is 17.8 Å². The first kappa shape index (κ1) is 19.5. The number of ether oxygens (including phenoxy) is 2. The molecule has 27 heavy (non-hydrogen) atoms. The van der Waals surface area contributed by atoms with Crippen molar-refractivity contribution in [3.8, 4) is 11.5 Å². The SMILES string of the molecule is COc1ccc(NC(=O)c2cccc(NC(=O)/C=C\C(=O)O)c2)c(OC)c1. The molecule has 0 spiro atoms. The average Bonchev–Trinajstić information content (AvgIpc) is 2.66. The van der Waals surface area contributed by atoms with Gasteiger partial charge in [0.15, 0.2) is 0 Å². The number of aliphatic carboxylic acids is 1. The lowest BCUT2D eigenvalue weighted by Crippen LogP contribution is -2.14. The maximum Gasteiger partial charge on any atom is 0.328 e. The monoisotopic (exact) mass is 370 g/mol. The highest BCUT2D eigenvalue weighted by atomic mass is 16.5. The summed E-state index contributed by atoms with van der Waals surface area (Å²) in [5.41, 5.74) is 1.11. The summed E-state index contributed by atoms with van der Waals surface area (Å²) in [6.07, 6.45) is 1.61. The molecule has 8 nitrogen and oxygen atoms in total. The molecule has 0 fully saturated rings. The van der Waals surface area contributed by atoms with Crippen molar-refractivity contribution in [1.82, 2.24) is 0 Å². The lowest BCUT2D eigenvalue weighted by atomic mass is 10.1. The Morgan fingerprint density at radius 3 is 2.41 bits per heavy atom. The van der Waals surface area contributed by atoms with Crippen LogP contribution >= 0.6 is 0 Å². The van der Waals surface area contributed by atoms with Crippen LogP contribution in [0.5, 0.6) is 11.5 Å². The highest BCUT2D eigenvalue weighted by Gasteiger charge is 2.12. The summed E-state index contributed by atoms with van der Waals surface area (Å²) in [5.74, 6) is -1.23. The van der Waals surface area contributed by atoms with E-state index >= 15 is 0 Å². The standard InChI is InChI=1S/C19H18N2O6/c1-26-14-6-7-15(16(11-14)27-2)21-19(25)12-4-3-5-13(10-12)20-17(22)8-9-18(23)24/h3-11H,1-2H3,(H,20,22)(H,21,25)(H,23,24)/b9-8-. The number of carbonyl (C=O) groups excluding carboxylic acids is 2. The van der Waals surface area contributed by atoms with Gasteiger partial charge in [0.1, 0.15) is 11.5 Å². The van der Waals surface area contributed by atoms with Crippen molar-refractivity contribution in [3.63, 3.8) is 0 Å². The zero-order valence-electron chi connectivity index (χ0n) is 14.7. The Morgan fingerprint density at radius 2 is 1.74 bits per heavy atom. The van der Waals surface area contributed by atoms with Crippen LogP contribution in [-0.4, -0.2) is 37.1 Å². The Bertz CT molecular complexity index is 892. The van der Waals surface area contributed by atoms with Gasteiger partial charge >= 0.3 is 5.97 Å². The molecule has 0 atom stereocenters. The van der Waals surface area contributed by atoms with E-state index in [2.05, 4.69) is 10.6 Å². The number of carboxylic acids is 1. The van der Waals surface area contributed by atoms with Gasteiger partial charge in [0.05, 0.1) is 19.9 Å². The van der Waals surface area contributed by atoms with Gasteiger partial charge in [0, 0.05) is 29.5 Å². The number of hydrogen-bond acceptors (Lipinski definition) is 5. The molecule has 0 radical (unpaired) electrons. The molecule has 2 rings (SSSR count). The Morgan fingerprint density at radius 1 is 0.963 bits per heavy atom. The molecule has 2 amide bonds. The van der Waals surface area contributed by atoms with Gasteiger partial charge in [0.2, 0.25) is 5.91 Å². The first-order chi connectivity index (χ1) is 12.9. The van der Waals surface area contributed by atoms with Gasteiger partial charge in [-0.15, -0.1) is 0 Å². The largest absolute Gasteiger partial charge is 0.497 e. The van der Waals surface area contributed by atoms with Crippen LogP contribution in [0, 0.1) is 0 Å². The number of rotatable bonds is 7. The van der Waals surface area contributed by atoms with Gasteiger partial charge in [-0.05, 0) is 30.3 Å². The Balaban J connectivity index is 2.13. The van der Waals surface area contributed by atoms with Crippen LogP contribution in [0.3, 0.4) is 0 Å². The molecule has 2 aromatic carbocycles. The molecule has 0 unspecified atom stereocenters. The smallest absolute Gasteiger partial charge is 0.328 e. The molecule has 0 aliphatic carbocycles. The summed E-state index contributed by atoms with van der Waals surface area (Å²) in [5, 5.41) is 13.7. The predicted octanol–water partition coefficient (Wildman–Crippen LogP) is 2.54. The number of amides is 2. The highest BCUT2D eigenvalue weighted by molar-refractivity contribution is 6.07. The van der Waals surface area contributed by atoms with Gasteiger partial charge in [-0.1, -0.05) is 6.07 Å². The van der Waals surface area contributed by atoms with Gasteiger partial charge < -0.3 is 25.2 Å². The molecule has 0 saturated heterocycles. The van der Waals surface area contributed by atoms with Crippen LogP contribution in [0.25, 0.3) is 0 Å². The number of carboxylic acid groups (broad SMARTS) is 1. The normalized spacial score (nSPS) is 10.3. The zero-order valence-corrected chi connectivity index (χ0v) is 14.7. The van der Waals surface area contributed by atoms with E-state index in [1.54, 1.807) is 36.4 Å². The molecule has 0 heterocycles. The third-order valence-electron chi connectivity index (χ3n) is 3.43. The first-order valence-corrected chi connectivity index (χ1v) is 7.78. The van der Waals surface area contributed by atoms with Crippen molar-refractivity contribution in [2.75, 3.05) is 24.9 Å². The lowest BCUT2D eigenvalue weighted by Gasteiger charge is -2.12. The molecule has 2 aromatic rings. The fraction of sp³-hybridized carbons (Fsp3) is 0.105. The van der Waals surface area contributed by atoms with E-state index in [9.17, 15) is 14.4 Å². The molecule has 3 N–H and O–H groups in total. The van der Waals surface area contributed by atoms with Gasteiger partial charge in [-0.3, -0.25) is 9.59 Å². The van der Waals surface area contributed by atoms with Crippen molar-refractivity contribution >= 4 is 29.2 Å². The van der Waals surface area contributed by atoms with E-state index in [1.807, 2.05) is 0 Å². The van der Waals surface area contributed by atoms with Crippen molar-refractivity contribution in [2.45, 2.75) is 0 Å². The second kappa shape index (κ2) is 9.04. The van der Waals surface area contributed by atoms with Gasteiger partial charge in [-0.2, -0.15) is 0 Å². The van der Waals surface area contributed by atoms with E-state index in [4.69, 9.17) is 14.6 Å². The number of anilines is 2. The summed E-state index contributed by atoms with van der Waals surface area (Å²) >= 11 is 0. The second-order valence-electron chi connectivity index (χ2n) is 5.26. The minimum Gasteiger partial charge on any atom is -0.497 e. The first-order valence-electron chi connectivity index (χ1n) is 7.78. The zero-order chi connectivity index (χ0) is 19.8. The van der Waals surface area contributed by atoms with E-state index in [1.165, 1.54) is 20.3 Å². The molecule has 8 heteroatoms. The lowest BCUT2D eigenvalue weighted by molar-refractivity contribution is -0.131. The molecular formula is C19H18N2O6. The number of carbonyl (C=O) groups is 3. The second-order valence-corrected chi connectivity index (χ2v) is 5.26. The summed E-state index contributed by atoms with van der Waals surface area (Å²) in [6, 6.07) is 11.2. The van der Waals surface area contributed by atoms with Crippen LogP contribution in [0.2, 0.25) is 0 Å². The third-order valence-corrected chi connectivity index (χ3v) is 3.43. The van der Waals surface area contributed by atoms with E-state index in [0.717, 1.165) is 12.2 Å². The minimum atomic E-state index is -1.23. The van der Waals surface area contributed by atoms with Gasteiger partial charge in [-0.25, -0.2) is 4.79 Å². The molecule has 0 bridgehead atoms. The Kier molecular flexibility index (Phi) is 6.54. The number of hydrogen-bond donors (Lipinski definition) is 3. The summed E-state index contributed by atoms with van der Waals surface area (Å²) in [4.78, 5) is 34.6. The van der Waals surface area contributed by atoms with E-state index in [-0.39, 0.29) is 0 Å². The van der Waals surface area contributed by atoms with Crippen LogP contribution in [0.4, 0.5) is 11.4 Å². The Labute approximate surface area is 155 Å². The molecule has 0 aromatic heterocycles. The number of nitrogens with one attached hydrogen (secondary N) is 2. The van der Waals surface area contributed by atoms with Crippen molar-refractivity contribution in [2.24, 2.45) is 0 Å².